The van der Waals surface area contributed by atoms with Gasteiger partial charge < -0.3 is 10.4 Å². The van der Waals surface area contributed by atoms with Crippen LogP contribution < -0.4 is 5.32 Å². The van der Waals surface area contributed by atoms with Crippen molar-refractivity contribution in [1.29, 1.82) is 0 Å². The van der Waals surface area contributed by atoms with Crippen molar-refractivity contribution >= 4 is 11.9 Å². The number of nitrogens with one attached hydrogen (secondary N) is 1. The Hall–Kier alpha value is -1.85. The third-order valence-electron chi connectivity index (χ3n) is 3.90. The Morgan fingerprint density at radius 1 is 1.45 bits per heavy atom. The molecule has 1 aliphatic rings. The van der Waals surface area contributed by atoms with E-state index in [2.05, 4.69) is 10.4 Å². The van der Waals surface area contributed by atoms with Crippen molar-refractivity contribution in [2.45, 2.75) is 52.1 Å². The monoisotopic (exact) mass is 279 g/mol. The maximum absolute atomic E-state index is 12.2. The standard InChI is InChI=1S/C14H21N3O3/c1-8(2)17-9(3)12(7-15-17)13(18)16-11-5-4-10(6-11)14(19)20/h7-8,10-11H,4-6H2,1-3H3,(H,16,18)(H,19,20)/t10-,11+/m0/s1. The van der Waals surface area contributed by atoms with Crippen LogP contribution in [-0.4, -0.2) is 32.8 Å². The number of rotatable bonds is 4. The van der Waals surface area contributed by atoms with E-state index < -0.39 is 5.97 Å². The molecule has 2 N–H and O–H groups in total. The van der Waals surface area contributed by atoms with Crippen molar-refractivity contribution in [2.24, 2.45) is 5.92 Å². The molecular formula is C14H21N3O3. The predicted octanol–water partition coefficient (Wildman–Crippen LogP) is 1.76. The summed E-state index contributed by atoms with van der Waals surface area (Å²) in [5.74, 6) is -1.27. The van der Waals surface area contributed by atoms with E-state index in [1.54, 1.807) is 6.20 Å². The Morgan fingerprint density at radius 2 is 2.15 bits per heavy atom. The summed E-state index contributed by atoms with van der Waals surface area (Å²) in [4.78, 5) is 23.1. The van der Waals surface area contributed by atoms with E-state index in [1.165, 1.54) is 0 Å². The quantitative estimate of drug-likeness (QED) is 0.879. The Balaban J connectivity index is 2.01. The molecule has 1 heterocycles. The minimum absolute atomic E-state index is 0.0506. The third kappa shape index (κ3) is 2.84. The summed E-state index contributed by atoms with van der Waals surface area (Å²) < 4.78 is 1.81. The van der Waals surface area contributed by atoms with Crippen LogP contribution in [-0.2, 0) is 4.79 Å². The molecule has 1 aromatic rings. The number of aliphatic carboxylic acids is 1. The summed E-state index contributed by atoms with van der Waals surface area (Å²) >= 11 is 0. The first-order valence-corrected chi connectivity index (χ1v) is 6.98. The maximum Gasteiger partial charge on any atom is 0.306 e. The van der Waals surface area contributed by atoms with E-state index >= 15 is 0 Å². The molecule has 0 aromatic carbocycles. The molecule has 0 saturated heterocycles. The van der Waals surface area contributed by atoms with E-state index in [9.17, 15) is 9.59 Å². The van der Waals surface area contributed by atoms with Gasteiger partial charge in [-0.05, 0) is 40.0 Å². The van der Waals surface area contributed by atoms with Crippen LogP contribution in [0.1, 0.15) is 55.2 Å². The first-order chi connectivity index (χ1) is 9.40. The van der Waals surface area contributed by atoms with Gasteiger partial charge in [-0.3, -0.25) is 14.3 Å². The fourth-order valence-electron chi connectivity index (χ4n) is 2.77. The molecule has 2 atom stereocenters. The number of hydrogen-bond donors (Lipinski definition) is 2. The van der Waals surface area contributed by atoms with Gasteiger partial charge in [0.25, 0.3) is 5.91 Å². The van der Waals surface area contributed by atoms with Gasteiger partial charge >= 0.3 is 5.97 Å². The lowest BCUT2D eigenvalue weighted by Gasteiger charge is -2.13. The van der Waals surface area contributed by atoms with Crippen LogP contribution in [0.4, 0.5) is 0 Å². The molecule has 0 unspecified atom stereocenters. The van der Waals surface area contributed by atoms with Crippen LogP contribution in [0.5, 0.6) is 0 Å². The average molecular weight is 279 g/mol. The zero-order valence-corrected chi connectivity index (χ0v) is 12.1. The summed E-state index contributed by atoms with van der Waals surface area (Å²) in [5, 5.41) is 16.1. The van der Waals surface area contributed by atoms with Gasteiger partial charge in [-0.2, -0.15) is 5.10 Å². The lowest BCUT2D eigenvalue weighted by Crippen LogP contribution is -2.33. The van der Waals surface area contributed by atoms with Gasteiger partial charge in [0.05, 0.1) is 17.7 Å². The molecule has 1 aliphatic carbocycles. The van der Waals surface area contributed by atoms with Crippen molar-refractivity contribution in [3.63, 3.8) is 0 Å². The SMILES string of the molecule is Cc1c(C(=O)N[C@@H]2CC[C@H](C(=O)O)C2)cnn1C(C)C. The van der Waals surface area contributed by atoms with Gasteiger partial charge in [0.15, 0.2) is 0 Å². The molecule has 6 nitrogen and oxygen atoms in total. The Bertz CT molecular complexity index is 522. The van der Waals surface area contributed by atoms with Crippen molar-refractivity contribution in [1.82, 2.24) is 15.1 Å². The third-order valence-corrected chi connectivity index (χ3v) is 3.90. The summed E-state index contributed by atoms with van der Waals surface area (Å²) in [6.45, 7) is 5.89. The lowest BCUT2D eigenvalue weighted by molar-refractivity contribution is -0.141. The first kappa shape index (κ1) is 14.6. The van der Waals surface area contributed by atoms with E-state index in [1.807, 2.05) is 25.5 Å². The lowest BCUT2D eigenvalue weighted by atomic mass is 10.1. The minimum atomic E-state index is -0.773. The van der Waals surface area contributed by atoms with Crippen molar-refractivity contribution < 1.29 is 14.7 Å². The molecule has 110 valence electrons. The average Bonchev–Trinajstić information content (AvgIpc) is 2.95. The Kier molecular flexibility index (Phi) is 4.11. The summed E-state index contributed by atoms with van der Waals surface area (Å²) in [5.41, 5.74) is 1.41. The van der Waals surface area contributed by atoms with Crippen molar-refractivity contribution in [3.05, 3.63) is 17.5 Å². The molecule has 1 amide bonds. The topological polar surface area (TPSA) is 84.2 Å². The van der Waals surface area contributed by atoms with E-state index in [4.69, 9.17) is 5.11 Å². The van der Waals surface area contributed by atoms with Crippen LogP contribution in [0.2, 0.25) is 0 Å². The highest BCUT2D eigenvalue weighted by Crippen LogP contribution is 2.26. The molecule has 1 fully saturated rings. The summed E-state index contributed by atoms with van der Waals surface area (Å²) in [7, 11) is 0. The number of carboxylic acid groups (broad SMARTS) is 1. The van der Waals surface area contributed by atoms with Gasteiger partial charge in [-0.25, -0.2) is 0 Å². The number of aromatic nitrogens is 2. The molecule has 2 rings (SSSR count). The highest BCUT2D eigenvalue weighted by molar-refractivity contribution is 5.95. The number of carbonyl (C=O) groups excluding carboxylic acids is 1. The van der Waals surface area contributed by atoms with Gasteiger partial charge in [0.2, 0.25) is 0 Å². The fourth-order valence-corrected chi connectivity index (χ4v) is 2.77. The van der Waals surface area contributed by atoms with Gasteiger partial charge in [0, 0.05) is 17.8 Å². The minimum Gasteiger partial charge on any atom is -0.481 e. The van der Waals surface area contributed by atoms with Crippen LogP contribution >= 0.6 is 0 Å². The molecule has 1 aromatic heterocycles. The van der Waals surface area contributed by atoms with E-state index in [0.29, 0.717) is 18.4 Å². The normalized spacial score (nSPS) is 22.2. The molecule has 1 saturated carbocycles. The van der Waals surface area contributed by atoms with Crippen molar-refractivity contribution in [2.75, 3.05) is 0 Å². The molecular weight excluding hydrogens is 258 g/mol. The number of amides is 1. The highest BCUT2D eigenvalue weighted by Gasteiger charge is 2.31. The first-order valence-electron chi connectivity index (χ1n) is 6.98. The summed E-state index contributed by atoms with van der Waals surface area (Å²) in [6, 6.07) is 0.157. The zero-order chi connectivity index (χ0) is 14.9. The fraction of sp³-hybridized carbons (Fsp3) is 0.643. The molecule has 6 heteroatoms. The molecule has 20 heavy (non-hydrogen) atoms. The van der Waals surface area contributed by atoms with E-state index in [0.717, 1.165) is 12.1 Å². The second kappa shape index (κ2) is 5.64. The van der Waals surface area contributed by atoms with E-state index in [-0.39, 0.29) is 23.9 Å². The number of carboxylic acids is 1. The summed E-state index contributed by atoms with van der Waals surface area (Å²) in [6.07, 6.45) is 3.44. The smallest absolute Gasteiger partial charge is 0.306 e. The maximum atomic E-state index is 12.2. The number of nitrogens with zero attached hydrogens (tertiary/aromatic N) is 2. The largest absolute Gasteiger partial charge is 0.481 e. The number of hydrogen-bond acceptors (Lipinski definition) is 3. The second-order valence-corrected chi connectivity index (χ2v) is 5.70. The molecule has 0 radical (unpaired) electrons. The van der Waals surface area contributed by atoms with Crippen LogP contribution in [0.25, 0.3) is 0 Å². The van der Waals surface area contributed by atoms with Crippen LogP contribution in [0.15, 0.2) is 6.20 Å². The second-order valence-electron chi connectivity index (χ2n) is 5.70. The van der Waals surface area contributed by atoms with Gasteiger partial charge in [0.1, 0.15) is 0 Å². The van der Waals surface area contributed by atoms with Gasteiger partial charge in [-0.15, -0.1) is 0 Å². The number of carbonyl (C=O) groups is 2. The molecule has 0 bridgehead atoms. The van der Waals surface area contributed by atoms with Crippen LogP contribution in [0, 0.1) is 12.8 Å². The highest BCUT2D eigenvalue weighted by atomic mass is 16.4. The Morgan fingerprint density at radius 3 is 2.65 bits per heavy atom. The molecule has 0 aliphatic heterocycles. The van der Waals surface area contributed by atoms with Crippen LogP contribution in [0.3, 0.4) is 0 Å². The zero-order valence-electron chi connectivity index (χ0n) is 12.1. The predicted molar refractivity (Wildman–Crippen MR) is 73.6 cm³/mol. The van der Waals surface area contributed by atoms with Gasteiger partial charge in [-0.1, -0.05) is 0 Å². The van der Waals surface area contributed by atoms with Crippen molar-refractivity contribution in [3.8, 4) is 0 Å². The molecule has 0 spiro atoms. The Labute approximate surface area is 118 Å².